The normalized spacial score (nSPS) is 14.2. The van der Waals surface area contributed by atoms with Gasteiger partial charge in [-0.25, -0.2) is 4.98 Å². The number of carbonyl (C=O) groups is 3. The molecule has 1 aliphatic rings. The van der Waals surface area contributed by atoms with E-state index in [1.807, 2.05) is 23.1 Å². The van der Waals surface area contributed by atoms with Gasteiger partial charge in [-0.15, -0.1) is 11.3 Å². The van der Waals surface area contributed by atoms with E-state index in [1.165, 1.54) is 11.3 Å². The zero-order chi connectivity index (χ0) is 23.4. The first-order valence-electron chi connectivity index (χ1n) is 10.5. The van der Waals surface area contributed by atoms with E-state index in [9.17, 15) is 14.4 Å². The molecule has 3 amide bonds. The molecular formula is C22H23ClN6O3S. The molecule has 4 rings (SSSR count). The minimum absolute atomic E-state index is 0.0589. The van der Waals surface area contributed by atoms with Crippen LogP contribution in [0, 0.1) is 6.92 Å². The third-order valence-corrected chi connectivity index (χ3v) is 6.86. The van der Waals surface area contributed by atoms with Gasteiger partial charge in [-0.2, -0.15) is 5.10 Å². The van der Waals surface area contributed by atoms with Crippen molar-refractivity contribution in [3.05, 3.63) is 68.4 Å². The van der Waals surface area contributed by atoms with E-state index in [2.05, 4.69) is 26.0 Å². The molecule has 1 aromatic carbocycles. The number of hydrogen-bond donors (Lipinski definition) is 3. The molecule has 3 N–H and O–H groups in total. The van der Waals surface area contributed by atoms with E-state index in [0.29, 0.717) is 18.1 Å². The van der Waals surface area contributed by atoms with Crippen LogP contribution in [-0.4, -0.2) is 50.9 Å². The van der Waals surface area contributed by atoms with E-state index < -0.39 is 11.8 Å². The van der Waals surface area contributed by atoms with Crippen molar-refractivity contribution in [2.45, 2.75) is 32.1 Å². The van der Waals surface area contributed by atoms with Gasteiger partial charge < -0.3 is 4.90 Å². The monoisotopic (exact) mass is 486 g/mol. The average molecular weight is 487 g/mol. The predicted octanol–water partition coefficient (Wildman–Crippen LogP) is 2.85. The molecule has 33 heavy (non-hydrogen) atoms. The van der Waals surface area contributed by atoms with Crippen LogP contribution in [0.25, 0.3) is 0 Å². The number of nitrogens with zero attached hydrogens (tertiary/aromatic N) is 3. The molecule has 0 atom stereocenters. The Morgan fingerprint density at radius 3 is 2.52 bits per heavy atom. The molecule has 1 fully saturated rings. The third kappa shape index (κ3) is 5.58. The highest BCUT2D eigenvalue weighted by atomic mass is 35.5. The summed E-state index contributed by atoms with van der Waals surface area (Å²) in [7, 11) is 0. The van der Waals surface area contributed by atoms with Crippen LogP contribution in [0.1, 0.15) is 56.0 Å². The number of amides is 3. The average Bonchev–Trinajstić information content (AvgIpc) is 3.48. The highest BCUT2D eigenvalue weighted by Gasteiger charge is 2.26. The number of carbonyl (C=O) groups excluding carboxylic acids is 3. The Hall–Kier alpha value is -3.24. The number of aryl methyl sites for hydroxylation is 1. The molecule has 0 bridgehead atoms. The van der Waals surface area contributed by atoms with Gasteiger partial charge in [0.1, 0.15) is 5.69 Å². The second-order valence-corrected chi connectivity index (χ2v) is 9.14. The second-order valence-electron chi connectivity index (χ2n) is 7.84. The lowest BCUT2D eigenvalue weighted by Crippen LogP contribution is -2.42. The molecule has 1 saturated heterocycles. The van der Waals surface area contributed by atoms with Crippen molar-refractivity contribution in [1.29, 1.82) is 0 Å². The largest absolute Gasteiger partial charge is 0.342 e. The lowest BCUT2D eigenvalue weighted by molar-refractivity contribution is -0.131. The maximum absolute atomic E-state index is 12.6. The zero-order valence-corrected chi connectivity index (χ0v) is 19.5. The lowest BCUT2D eigenvalue weighted by atomic mass is 9.97. The highest BCUT2D eigenvalue weighted by Crippen LogP contribution is 2.30. The van der Waals surface area contributed by atoms with Crippen LogP contribution in [0.5, 0.6) is 0 Å². The van der Waals surface area contributed by atoms with Crippen LogP contribution in [-0.2, 0) is 11.2 Å². The molecule has 2 aromatic heterocycles. The molecule has 3 aromatic rings. The van der Waals surface area contributed by atoms with Crippen LogP contribution < -0.4 is 10.9 Å². The second kappa shape index (κ2) is 10.1. The number of hydrazine groups is 1. The number of thiazole rings is 1. The number of rotatable bonds is 5. The molecular weight excluding hydrogens is 464 g/mol. The van der Waals surface area contributed by atoms with Gasteiger partial charge in [0.25, 0.3) is 11.8 Å². The summed E-state index contributed by atoms with van der Waals surface area (Å²) in [4.78, 5) is 43.3. The summed E-state index contributed by atoms with van der Waals surface area (Å²) in [5.41, 5.74) is 6.69. The summed E-state index contributed by atoms with van der Waals surface area (Å²) in [6.07, 6.45) is 1.84. The van der Waals surface area contributed by atoms with Crippen LogP contribution in [0.15, 0.2) is 35.7 Å². The number of likely N-dealkylation sites (tertiary alicyclic amines) is 1. The van der Waals surface area contributed by atoms with Gasteiger partial charge in [-0.3, -0.25) is 30.3 Å². The Morgan fingerprint density at radius 2 is 1.85 bits per heavy atom. The Bertz CT molecular complexity index is 1170. The minimum atomic E-state index is -0.517. The fourth-order valence-electron chi connectivity index (χ4n) is 3.65. The first-order valence-corrected chi connectivity index (χ1v) is 11.8. The zero-order valence-electron chi connectivity index (χ0n) is 17.9. The molecule has 3 heterocycles. The molecule has 0 saturated carbocycles. The van der Waals surface area contributed by atoms with Crippen molar-refractivity contribution in [2.24, 2.45) is 0 Å². The lowest BCUT2D eigenvalue weighted by Gasteiger charge is -2.31. The van der Waals surface area contributed by atoms with Gasteiger partial charge in [0, 0.05) is 35.1 Å². The highest BCUT2D eigenvalue weighted by molar-refractivity contribution is 7.09. The molecule has 1 aliphatic heterocycles. The minimum Gasteiger partial charge on any atom is -0.342 e. The topological polar surface area (TPSA) is 120 Å². The summed E-state index contributed by atoms with van der Waals surface area (Å²) in [5, 5.41) is 9.64. The molecule has 11 heteroatoms. The number of piperidine rings is 1. The summed E-state index contributed by atoms with van der Waals surface area (Å²) < 4.78 is 0. The first kappa shape index (κ1) is 22.9. The van der Waals surface area contributed by atoms with Crippen molar-refractivity contribution < 1.29 is 14.4 Å². The fourth-order valence-corrected chi connectivity index (χ4v) is 4.82. The quantitative estimate of drug-likeness (QED) is 0.479. The maximum Gasteiger partial charge on any atom is 0.290 e. The molecule has 0 aliphatic carbocycles. The smallest absolute Gasteiger partial charge is 0.290 e. The van der Waals surface area contributed by atoms with Gasteiger partial charge >= 0.3 is 0 Å². The number of hydrogen-bond acceptors (Lipinski definition) is 6. The third-order valence-electron chi connectivity index (χ3n) is 5.48. The molecule has 0 radical (unpaired) electrons. The number of aromatic amines is 1. The van der Waals surface area contributed by atoms with Crippen molar-refractivity contribution in [2.75, 3.05) is 13.1 Å². The van der Waals surface area contributed by atoms with Crippen molar-refractivity contribution >= 4 is 40.7 Å². The van der Waals surface area contributed by atoms with Crippen LogP contribution >= 0.6 is 22.9 Å². The van der Waals surface area contributed by atoms with Crippen molar-refractivity contribution in [1.82, 2.24) is 30.9 Å². The van der Waals surface area contributed by atoms with E-state index in [4.69, 9.17) is 11.6 Å². The molecule has 0 spiro atoms. The number of benzene rings is 1. The van der Waals surface area contributed by atoms with Crippen molar-refractivity contribution in [3.8, 4) is 0 Å². The number of nitrogens with one attached hydrogen (secondary N) is 3. The standard InChI is InChI=1S/C22H23ClN6O3S/c1-13-10-17(26-25-13)20(31)27-28-21(32)18-12-33-22(24-18)14-6-8-29(9-7-14)19(30)11-15-4-2-3-5-16(15)23/h2-5,10,12,14H,6-9,11H2,1H3,(H,25,26)(H,27,31)(H,28,32). The van der Waals surface area contributed by atoms with E-state index in [0.717, 1.165) is 29.1 Å². The van der Waals surface area contributed by atoms with Gasteiger partial charge in [0.05, 0.1) is 11.4 Å². The van der Waals surface area contributed by atoms with Gasteiger partial charge in [0.2, 0.25) is 5.91 Å². The van der Waals surface area contributed by atoms with Crippen LogP contribution in [0.4, 0.5) is 0 Å². The summed E-state index contributed by atoms with van der Waals surface area (Å²) in [6, 6.07) is 8.95. The first-order chi connectivity index (χ1) is 15.9. The number of H-pyrrole nitrogens is 1. The van der Waals surface area contributed by atoms with Gasteiger partial charge in [0.15, 0.2) is 5.69 Å². The van der Waals surface area contributed by atoms with Crippen LogP contribution in [0.3, 0.4) is 0 Å². The summed E-state index contributed by atoms with van der Waals surface area (Å²) in [5.74, 6) is -0.770. The Balaban J connectivity index is 1.27. The number of aromatic nitrogens is 3. The SMILES string of the molecule is Cc1cc(C(=O)NNC(=O)c2csc(C3CCN(C(=O)Cc4ccccc4Cl)CC3)n2)n[nH]1. The Labute approximate surface area is 199 Å². The van der Waals surface area contributed by atoms with Crippen molar-refractivity contribution in [3.63, 3.8) is 0 Å². The number of halogens is 1. The van der Waals surface area contributed by atoms with E-state index in [-0.39, 0.29) is 29.6 Å². The molecule has 9 nitrogen and oxygen atoms in total. The van der Waals surface area contributed by atoms with E-state index >= 15 is 0 Å². The van der Waals surface area contributed by atoms with Crippen LogP contribution in [0.2, 0.25) is 5.02 Å². The molecule has 0 unspecified atom stereocenters. The Kier molecular flexibility index (Phi) is 7.05. The summed E-state index contributed by atoms with van der Waals surface area (Å²) in [6.45, 7) is 3.04. The van der Waals surface area contributed by atoms with Gasteiger partial charge in [-0.1, -0.05) is 29.8 Å². The van der Waals surface area contributed by atoms with E-state index in [1.54, 1.807) is 24.4 Å². The maximum atomic E-state index is 12.6. The fraction of sp³-hybridized carbons (Fsp3) is 0.318. The molecule has 172 valence electrons. The van der Waals surface area contributed by atoms with Gasteiger partial charge in [-0.05, 0) is 37.5 Å². The Morgan fingerprint density at radius 1 is 1.15 bits per heavy atom. The predicted molar refractivity (Wildman–Crippen MR) is 124 cm³/mol. The summed E-state index contributed by atoms with van der Waals surface area (Å²) >= 11 is 7.58.